The standard InChI is InChI=1S/C15H17ClN4O2/c1-9-11(4-3-5-12(9)16)15(21)20-7-10(22-2)6-13(20)14-17-8-18-19-14/h3-5,8,10,13H,6-7H2,1-2H3,(H,17,18,19)/t10-,13+/m1/s1. The van der Waals surface area contributed by atoms with Crippen LogP contribution in [0.5, 0.6) is 0 Å². The molecule has 22 heavy (non-hydrogen) atoms. The van der Waals surface area contributed by atoms with Gasteiger partial charge in [-0.05, 0) is 24.6 Å². The number of benzene rings is 1. The summed E-state index contributed by atoms with van der Waals surface area (Å²) in [7, 11) is 1.65. The molecule has 3 rings (SSSR count). The molecule has 1 amide bonds. The van der Waals surface area contributed by atoms with Gasteiger partial charge in [0.05, 0.1) is 12.1 Å². The Morgan fingerprint density at radius 2 is 2.32 bits per heavy atom. The molecule has 2 atom stereocenters. The maximum absolute atomic E-state index is 12.9. The van der Waals surface area contributed by atoms with Gasteiger partial charge in [-0.25, -0.2) is 4.98 Å². The van der Waals surface area contributed by atoms with Crippen molar-refractivity contribution in [2.45, 2.75) is 25.5 Å². The number of aromatic nitrogens is 3. The zero-order valence-electron chi connectivity index (χ0n) is 12.4. The lowest BCUT2D eigenvalue weighted by Crippen LogP contribution is -2.33. The molecule has 1 aliphatic rings. The summed E-state index contributed by atoms with van der Waals surface area (Å²) >= 11 is 6.13. The first-order valence-corrected chi connectivity index (χ1v) is 7.43. The zero-order valence-corrected chi connectivity index (χ0v) is 13.2. The molecular weight excluding hydrogens is 304 g/mol. The van der Waals surface area contributed by atoms with E-state index in [2.05, 4.69) is 15.2 Å². The van der Waals surface area contributed by atoms with E-state index in [4.69, 9.17) is 16.3 Å². The maximum atomic E-state index is 12.9. The average Bonchev–Trinajstić information content (AvgIpc) is 3.17. The number of likely N-dealkylation sites (tertiary alicyclic amines) is 1. The van der Waals surface area contributed by atoms with Gasteiger partial charge in [0.2, 0.25) is 0 Å². The highest BCUT2D eigenvalue weighted by Gasteiger charge is 2.38. The van der Waals surface area contributed by atoms with Gasteiger partial charge in [-0.1, -0.05) is 17.7 Å². The van der Waals surface area contributed by atoms with Gasteiger partial charge >= 0.3 is 0 Å². The molecule has 1 aromatic heterocycles. The minimum Gasteiger partial charge on any atom is -0.380 e. The van der Waals surface area contributed by atoms with E-state index in [1.807, 2.05) is 6.92 Å². The van der Waals surface area contributed by atoms with E-state index in [0.29, 0.717) is 29.4 Å². The number of aromatic amines is 1. The highest BCUT2D eigenvalue weighted by molar-refractivity contribution is 6.31. The van der Waals surface area contributed by atoms with Crippen LogP contribution in [0.2, 0.25) is 5.02 Å². The number of ether oxygens (including phenoxy) is 1. The van der Waals surface area contributed by atoms with Crippen molar-refractivity contribution in [3.63, 3.8) is 0 Å². The van der Waals surface area contributed by atoms with Gasteiger partial charge in [-0.2, -0.15) is 5.10 Å². The fraction of sp³-hybridized carbons (Fsp3) is 0.400. The molecule has 0 spiro atoms. The fourth-order valence-corrected chi connectivity index (χ4v) is 3.00. The van der Waals surface area contributed by atoms with E-state index >= 15 is 0 Å². The SMILES string of the molecule is CO[C@@H]1C[C@@H](c2ncn[nH]2)N(C(=O)c2cccc(Cl)c2C)C1. The molecule has 0 bridgehead atoms. The van der Waals surface area contributed by atoms with E-state index in [9.17, 15) is 4.79 Å². The Morgan fingerprint density at radius 3 is 3.00 bits per heavy atom. The summed E-state index contributed by atoms with van der Waals surface area (Å²) in [5.74, 6) is 0.605. The van der Waals surface area contributed by atoms with Crippen LogP contribution in [0.3, 0.4) is 0 Å². The van der Waals surface area contributed by atoms with Crippen molar-refractivity contribution in [2.75, 3.05) is 13.7 Å². The second-order valence-corrected chi connectivity index (χ2v) is 5.76. The Bertz CT molecular complexity index is 674. The number of carbonyl (C=O) groups excluding carboxylic acids is 1. The number of rotatable bonds is 3. The molecular formula is C15H17ClN4O2. The smallest absolute Gasteiger partial charge is 0.254 e. The minimum atomic E-state index is -0.168. The lowest BCUT2D eigenvalue weighted by molar-refractivity contribution is 0.0683. The second-order valence-electron chi connectivity index (χ2n) is 5.35. The highest BCUT2D eigenvalue weighted by atomic mass is 35.5. The normalized spacial score (nSPS) is 21.3. The monoisotopic (exact) mass is 320 g/mol. The van der Waals surface area contributed by atoms with Crippen LogP contribution >= 0.6 is 11.6 Å². The predicted octanol–water partition coefficient (Wildman–Crippen LogP) is 2.37. The number of nitrogens with one attached hydrogen (secondary N) is 1. The van der Waals surface area contributed by atoms with Crippen LogP contribution in [0.1, 0.15) is 34.2 Å². The fourth-order valence-electron chi connectivity index (χ4n) is 2.82. The van der Waals surface area contributed by atoms with Gasteiger partial charge in [-0.3, -0.25) is 9.89 Å². The molecule has 0 aliphatic carbocycles. The number of H-pyrrole nitrogens is 1. The Kier molecular flexibility index (Phi) is 4.13. The van der Waals surface area contributed by atoms with Gasteiger partial charge in [0.25, 0.3) is 5.91 Å². The lowest BCUT2D eigenvalue weighted by Gasteiger charge is -2.23. The van der Waals surface area contributed by atoms with E-state index < -0.39 is 0 Å². The summed E-state index contributed by atoms with van der Waals surface area (Å²) in [6.45, 7) is 2.37. The first-order chi connectivity index (χ1) is 10.6. The number of hydrogen-bond acceptors (Lipinski definition) is 4. The number of methoxy groups -OCH3 is 1. The number of amides is 1. The molecule has 1 aromatic carbocycles. The molecule has 116 valence electrons. The van der Waals surface area contributed by atoms with Crippen molar-refractivity contribution in [1.82, 2.24) is 20.1 Å². The van der Waals surface area contributed by atoms with Crippen LogP contribution in [0.15, 0.2) is 24.5 Å². The van der Waals surface area contributed by atoms with Crippen molar-refractivity contribution in [1.29, 1.82) is 0 Å². The summed E-state index contributed by atoms with van der Waals surface area (Å²) in [6.07, 6.45) is 2.12. The van der Waals surface area contributed by atoms with Crippen molar-refractivity contribution in [3.05, 3.63) is 46.5 Å². The second kappa shape index (κ2) is 6.06. The van der Waals surface area contributed by atoms with Crippen LogP contribution in [-0.2, 0) is 4.74 Å². The lowest BCUT2D eigenvalue weighted by atomic mass is 10.1. The van der Waals surface area contributed by atoms with E-state index in [1.54, 1.807) is 30.2 Å². The van der Waals surface area contributed by atoms with Gasteiger partial charge in [0, 0.05) is 30.7 Å². The predicted molar refractivity (Wildman–Crippen MR) is 81.8 cm³/mol. The number of hydrogen-bond donors (Lipinski definition) is 1. The van der Waals surface area contributed by atoms with Crippen molar-refractivity contribution in [3.8, 4) is 0 Å². The molecule has 2 aromatic rings. The van der Waals surface area contributed by atoms with Gasteiger partial charge in [-0.15, -0.1) is 0 Å². The summed E-state index contributed by atoms with van der Waals surface area (Å²) in [5.41, 5.74) is 1.39. The first kappa shape index (κ1) is 15.0. The Labute approximate surface area is 133 Å². The summed E-state index contributed by atoms with van der Waals surface area (Å²) in [4.78, 5) is 18.9. The number of carbonyl (C=O) groups is 1. The molecule has 1 N–H and O–H groups in total. The molecule has 2 heterocycles. The molecule has 7 heteroatoms. The largest absolute Gasteiger partial charge is 0.380 e. The van der Waals surface area contributed by atoms with Crippen molar-refractivity contribution < 1.29 is 9.53 Å². The average molecular weight is 321 g/mol. The third-order valence-corrected chi connectivity index (χ3v) is 4.51. The molecule has 1 fully saturated rings. The topological polar surface area (TPSA) is 71.1 Å². The molecule has 0 saturated carbocycles. The summed E-state index contributed by atoms with van der Waals surface area (Å²) in [5, 5.41) is 7.32. The Morgan fingerprint density at radius 1 is 1.50 bits per heavy atom. The van der Waals surface area contributed by atoms with Crippen LogP contribution < -0.4 is 0 Å². The highest BCUT2D eigenvalue weighted by Crippen LogP contribution is 2.33. The van der Waals surface area contributed by atoms with Crippen LogP contribution in [0.25, 0.3) is 0 Å². The van der Waals surface area contributed by atoms with Crippen LogP contribution in [-0.4, -0.2) is 45.7 Å². The Hall–Kier alpha value is -1.92. The maximum Gasteiger partial charge on any atom is 0.254 e. The van der Waals surface area contributed by atoms with Crippen molar-refractivity contribution in [2.24, 2.45) is 0 Å². The van der Waals surface area contributed by atoms with Crippen LogP contribution in [0.4, 0.5) is 0 Å². The summed E-state index contributed by atoms with van der Waals surface area (Å²) < 4.78 is 5.43. The van der Waals surface area contributed by atoms with Gasteiger partial charge in [0.1, 0.15) is 12.2 Å². The third-order valence-electron chi connectivity index (χ3n) is 4.10. The molecule has 1 aliphatic heterocycles. The van der Waals surface area contributed by atoms with E-state index in [1.165, 1.54) is 6.33 Å². The third kappa shape index (κ3) is 2.60. The first-order valence-electron chi connectivity index (χ1n) is 7.06. The van der Waals surface area contributed by atoms with Crippen LogP contribution in [0, 0.1) is 6.92 Å². The number of nitrogens with zero attached hydrogens (tertiary/aromatic N) is 3. The molecule has 1 saturated heterocycles. The Balaban J connectivity index is 1.94. The van der Waals surface area contributed by atoms with Gasteiger partial charge < -0.3 is 9.64 Å². The molecule has 0 radical (unpaired) electrons. The number of halogens is 1. The quantitative estimate of drug-likeness (QED) is 0.942. The molecule has 0 unspecified atom stereocenters. The molecule has 6 nitrogen and oxygen atoms in total. The van der Waals surface area contributed by atoms with E-state index in [0.717, 1.165) is 5.56 Å². The van der Waals surface area contributed by atoms with E-state index in [-0.39, 0.29) is 18.1 Å². The zero-order chi connectivity index (χ0) is 15.7. The minimum absolute atomic E-state index is 0.0152. The van der Waals surface area contributed by atoms with Gasteiger partial charge in [0.15, 0.2) is 0 Å². The summed E-state index contributed by atoms with van der Waals surface area (Å²) in [6, 6.07) is 5.19. The van der Waals surface area contributed by atoms with Crippen molar-refractivity contribution >= 4 is 17.5 Å².